The number of hydrogen-bond donors (Lipinski definition) is 0. The van der Waals surface area contributed by atoms with Gasteiger partial charge in [0.2, 0.25) is 0 Å². The van der Waals surface area contributed by atoms with Crippen molar-refractivity contribution >= 4 is 41.0 Å². The van der Waals surface area contributed by atoms with Crippen LogP contribution < -0.4 is 0 Å². The van der Waals surface area contributed by atoms with E-state index in [4.69, 9.17) is 27.9 Å². The lowest BCUT2D eigenvalue weighted by molar-refractivity contribution is 0.0457. The molecular weight excluding hydrogens is 511 g/mol. The number of fused-ring (bicyclic) bond motifs is 1. The fraction of sp³-hybridized carbons (Fsp3) is 0.138. The van der Waals surface area contributed by atoms with E-state index in [-0.39, 0.29) is 25.0 Å². The summed E-state index contributed by atoms with van der Waals surface area (Å²) in [5.41, 5.74) is 3.51. The number of halogens is 2. The predicted octanol–water partition coefficient (Wildman–Crippen LogP) is 6.51. The summed E-state index contributed by atoms with van der Waals surface area (Å²) in [5.74, 6) is -1.09. The zero-order valence-electron chi connectivity index (χ0n) is 19.7. The Morgan fingerprint density at radius 3 is 2.14 bits per heavy atom. The Labute approximate surface area is 224 Å². The molecule has 6 nitrogen and oxygen atoms in total. The van der Waals surface area contributed by atoms with Crippen molar-refractivity contribution in [1.82, 2.24) is 9.47 Å². The molecule has 0 spiro atoms. The third-order valence-corrected chi connectivity index (χ3v) is 6.77. The number of amides is 2. The SMILES string of the molecule is O=C(OCc1ccccc1)c1cc(-c2ccc(Cl)cc2Cl)cn1CCCN1C(=O)c2ccccc2C1=O. The van der Waals surface area contributed by atoms with E-state index in [2.05, 4.69) is 0 Å². The highest BCUT2D eigenvalue weighted by molar-refractivity contribution is 6.36. The molecule has 5 rings (SSSR count). The van der Waals surface area contributed by atoms with Gasteiger partial charge in [-0.1, -0.05) is 71.7 Å². The molecule has 1 aromatic heterocycles. The van der Waals surface area contributed by atoms with Gasteiger partial charge in [0.15, 0.2) is 0 Å². The van der Waals surface area contributed by atoms with Crippen LogP contribution in [0.15, 0.2) is 85.1 Å². The molecule has 2 amide bonds. The molecule has 0 atom stereocenters. The molecular formula is C29H22Cl2N2O4. The van der Waals surface area contributed by atoms with Gasteiger partial charge >= 0.3 is 5.97 Å². The Bertz CT molecular complexity index is 1460. The van der Waals surface area contributed by atoms with E-state index in [0.717, 1.165) is 16.7 Å². The molecule has 0 saturated heterocycles. The van der Waals surface area contributed by atoms with Crippen molar-refractivity contribution in [3.63, 3.8) is 0 Å². The minimum absolute atomic E-state index is 0.136. The van der Waals surface area contributed by atoms with E-state index in [1.165, 1.54) is 4.90 Å². The number of aryl methyl sites for hydroxylation is 1. The van der Waals surface area contributed by atoms with Gasteiger partial charge in [-0.15, -0.1) is 0 Å². The summed E-state index contributed by atoms with van der Waals surface area (Å²) in [6.07, 6.45) is 2.27. The van der Waals surface area contributed by atoms with Crippen LogP contribution in [0.3, 0.4) is 0 Å². The van der Waals surface area contributed by atoms with Gasteiger partial charge in [0.25, 0.3) is 11.8 Å². The first kappa shape index (κ1) is 24.8. The molecule has 186 valence electrons. The van der Waals surface area contributed by atoms with Crippen LogP contribution >= 0.6 is 23.2 Å². The van der Waals surface area contributed by atoms with Crippen molar-refractivity contribution in [3.8, 4) is 11.1 Å². The van der Waals surface area contributed by atoms with E-state index < -0.39 is 5.97 Å². The number of carbonyl (C=O) groups is 3. The maximum Gasteiger partial charge on any atom is 0.355 e. The van der Waals surface area contributed by atoms with Gasteiger partial charge in [-0.3, -0.25) is 14.5 Å². The third-order valence-electron chi connectivity index (χ3n) is 6.22. The molecule has 0 bridgehead atoms. The first-order chi connectivity index (χ1) is 17.9. The van der Waals surface area contributed by atoms with Crippen LogP contribution in [0.5, 0.6) is 0 Å². The molecule has 1 aliphatic rings. The summed E-state index contributed by atoms with van der Waals surface area (Å²) in [7, 11) is 0. The van der Waals surface area contributed by atoms with Crippen molar-refractivity contribution in [1.29, 1.82) is 0 Å². The number of benzene rings is 3. The van der Waals surface area contributed by atoms with Crippen LogP contribution in [0, 0.1) is 0 Å². The minimum atomic E-state index is -0.485. The number of ether oxygens (including phenoxy) is 1. The Morgan fingerprint density at radius 2 is 1.46 bits per heavy atom. The number of carbonyl (C=O) groups excluding carboxylic acids is 3. The highest BCUT2D eigenvalue weighted by Gasteiger charge is 2.34. The number of aromatic nitrogens is 1. The number of imide groups is 1. The second kappa shape index (κ2) is 10.6. The van der Waals surface area contributed by atoms with Crippen molar-refractivity contribution in [2.45, 2.75) is 19.6 Å². The van der Waals surface area contributed by atoms with E-state index in [1.54, 1.807) is 53.1 Å². The summed E-state index contributed by atoms with van der Waals surface area (Å²) in [6, 6.07) is 23.1. The van der Waals surface area contributed by atoms with Crippen LogP contribution in [-0.2, 0) is 17.9 Å². The smallest absolute Gasteiger partial charge is 0.355 e. The van der Waals surface area contributed by atoms with Crippen molar-refractivity contribution in [2.24, 2.45) is 0 Å². The van der Waals surface area contributed by atoms with Crippen LogP contribution in [-0.4, -0.2) is 33.8 Å². The summed E-state index contributed by atoms with van der Waals surface area (Å²) in [6.45, 7) is 0.741. The summed E-state index contributed by atoms with van der Waals surface area (Å²) in [5, 5.41) is 0.969. The Balaban J connectivity index is 1.35. The lowest BCUT2D eigenvalue weighted by Gasteiger charge is -2.15. The minimum Gasteiger partial charge on any atom is -0.456 e. The van der Waals surface area contributed by atoms with Crippen molar-refractivity contribution in [3.05, 3.63) is 117 Å². The predicted molar refractivity (Wildman–Crippen MR) is 142 cm³/mol. The number of rotatable bonds is 8. The fourth-order valence-corrected chi connectivity index (χ4v) is 4.89. The summed E-state index contributed by atoms with van der Waals surface area (Å²) in [4.78, 5) is 39.7. The van der Waals surface area contributed by atoms with E-state index >= 15 is 0 Å². The van der Waals surface area contributed by atoms with Gasteiger partial charge < -0.3 is 9.30 Å². The van der Waals surface area contributed by atoms with E-state index in [9.17, 15) is 14.4 Å². The number of hydrogen-bond acceptors (Lipinski definition) is 4. The molecule has 37 heavy (non-hydrogen) atoms. The molecule has 0 fully saturated rings. The van der Waals surface area contributed by atoms with Crippen LogP contribution in [0.25, 0.3) is 11.1 Å². The molecule has 0 saturated carbocycles. The molecule has 8 heteroatoms. The van der Waals surface area contributed by atoms with Gasteiger partial charge in [-0.05, 0) is 42.3 Å². The van der Waals surface area contributed by atoms with Crippen LogP contribution in [0.2, 0.25) is 10.0 Å². The molecule has 3 aromatic carbocycles. The van der Waals surface area contributed by atoms with Crippen molar-refractivity contribution in [2.75, 3.05) is 6.54 Å². The summed E-state index contributed by atoms with van der Waals surface area (Å²) < 4.78 is 7.35. The lowest BCUT2D eigenvalue weighted by atomic mass is 10.1. The van der Waals surface area contributed by atoms with E-state index in [1.807, 2.05) is 36.5 Å². The standard InChI is InChI=1S/C29H22Cl2N2O4/c30-21-11-12-22(25(31)16-21)20-15-26(29(36)37-18-19-7-2-1-3-8-19)32(17-20)13-6-14-33-27(34)23-9-4-5-10-24(23)28(33)35/h1-5,7-12,15-17H,6,13-14,18H2. The Kier molecular flexibility index (Phi) is 7.12. The molecule has 4 aromatic rings. The monoisotopic (exact) mass is 532 g/mol. The first-order valence-electron chi connectivity index (χ1n) is 11.7. The van der Waals surface area contributed by atoms with Gasteiger partial charge in [0.1, 0.15) is 12.3 Å². The highest BCUT2D eigenvalue weighted by Crippen LogP contribution is 2.32. The van der Waals surface area contributed by atoms with Gasteiger partial charge in [-0.25, -0.2) is 4.79 Å². The normalized spacial score (nSPS) is 12.6. The van der Waals surface area contributed by atoms with Gasteiger partial charge in [0.05, 0.1) is 11.1 Å². The largest absolute Gasteiger partial charge is 0.456 e. The maximum absolute atomic E-state index is 13.1. The summed E-state index contributed by atoms with van der Waals surface area (Å²) >= 11 is 12.5. The molecule has 1 aliphatic heterocycles. The average Bonchev–Trinajstić information content (AvgIpc) is 3.43. The van der Waals surface area contributed by atoms with Gasteiger partial charge in [0, 0.05) is 40.5 Å². The zero-order chi connectivity index (χ0) is 25.9. The van der Waals surface area contributed by atoms with Crippen molar-refractivity contribution < 1.29 is 19.1 Å². The quantitative estimate of drug-likeness (QED) is 0.191. The topological polar surface area (TPSA) is 68.6 Å². The fourth-order valence-electron chi connectivity index (χ4n) is 4.38. The van der Waals surface area contributed by atoms with E-state index in [0.29, 0.717) is 39.8 Å². The average molecular weight is 533 g/mol. The zero-order valence-corrected chi connectivity index (χ0v) is 21.2. The second-order valence-electron chi connectivity index (χ2n) is 8.65. The number of esters is 1. The first-order valence-corrected chi connectivity index (χ1v) is 12.5. The third kappa shape index (κ3) is 5.17. The van der Waals surface area contributed by atoms with Crippen LogP contribution in [0.1, 0.15) is 43.2 Å². The number of nitrogens with zero attached hydrogens (tertiary/aromatic N) is 2. The highest BCUT2D eigenvalue weighted by atomic mass is 35.5. The van der Waals surface area contributed by atoms with Gasteiger partial charge in [-0.2, -0.15) is 0 Å². The Hall–Kier alpha value is -3.87. The lowest BCUT2D eigenvalue weighted by Crippen LogP contribution is -2.31. The Morgan fingerprint density at radius 1 is 0.784 bits per heavy atom. The second-order valence-corrected chi connectivity index (χ2v) is 9.50. The molecule has 0 unspecified atom stereocenters. The molecule has 2 heterocycles. The molecule has 0 aliphatic carbocycles. The van der Waals surface area contributed by atoms with Crippen LogP contribution in [0.4, 0.5) is 0 Å². The molecule has 0 radical (unpaired) electrons. The molecule has 0 N–H and O–H groups in total. The maximum atomic E-state index is 13.1.